The van der Waals surface area contributed by atoms with Crippen molar-refractivity contribution in [3.05, 3.63) is 28.5 Å². The summed E-state index contributed by atoms with van der Waals surface area (Å²) in [6.07, 6.45) is 2.61. The summed E-state index contributed by atoms with van der Waals surface area (Å²) in [5, 5.41) is 3.61. The van der Waals surface area contributed by atoms with Gasteiger partial charge in [-0.3, -0.25) is 0 Å². The molecule has 2 N–H and O–H groups in total. The second-order valence-electron chi connectivity index (χ2n) is 4.84. The summed E-state index contributed by atoms with van der Waals surface area (Å²) in [6.45, 7) is 0. The zero-order valence-electron chi connectivity index (χ0n) is 8.70. The highest BCUT2D eigenvalue weighted by Gasteiger charge is 2.46. The number of nitrogens with one attached hydrogen (secondary N) is 2. The second kappa shape index (κ2) is 3.08. The maximum atomic E-state index is 4.65. The minimum atomic E-state index is 0.440. The number of nitrogens with zero attached hydrogens (tertiary/aromatic N) is 1. The maximum absolute atomic E-state index is 4.65. The van der Waals surface area contributed by atoms with Gasteiger partial charge in [0.1, 0.15) is 5.82 Å². The molecule has 82 valence electrons. The van der Waals surface area contributed by atoms with Crippen molar-refractivity contribution in [3.8, 4) is 0 Å². The van der Waals surface area contributed by atoms with E-state index in [0.717, 1.165) is 33.3 Å². The van der Waals surface area contributed by atoms with Crippen molar-refractivity contribution in [1.82, 2.24) is 15.3 Å². The molecule has 1 aromatic carbocycles. The van der Waals surface area contributed by atoms with Crippen molar-refractivity contribution in [3.63, 3.8) is 0 Å². The minimum absolute atomic E-state index is 0.440. The van der Waals surface area contributed by atoms with Gasteiger partial charge in [-0.1, -0.05) is 15.9 Å². The molecule has 2 fully saturated rings. The van der Waals surface area contributed by atoms with Gasteiger partial charge >= 0.3 is 0 Å². The normalized spacial score (nSPS) is 31.9. The van der Waals surface area contributed by atoms with Crippen LogP contribution < -0.4 is 5.32 Å². The molecule has 2 heterocycles. The van der Waals surface area contributed by atoms with E-state index in [1.807, 2.05) is 6.07 Å². The number of piperidine rings is 1. The van der Waals surface area contributed by atoms with Gasteiger partial charge in [0.2, 0.25) is 0 Å². The van der Waals surface area contributed by atoms with Gasteiger partial charge in [0, 0.05) is 10.5 Å². The standard InChI is InChI=1S/C12H12BrN3/c13-7-1-2-8-10(5-7)16-12(15-8)11-4-6-3-9(6)14-11/h1-2,5-6,9,11,14H,3-4H2,(H,15,16)/t6-,9-,11+/m1/s1. The topological polar surface area (TPSA) is 40.7 Å². The SMILES string of the molecule is Brc1ccc2nc([C@@H]3C[C@H]4C[C@H]4N3)[nH]c2c1. The van der Waals surface area contributed by atoms with Crippen molar-refractivity contribution in [1.29, 1.82) is 0 Å². The smallest absolute Gasteiger partial charge is 0.124 e. The van der Waals surface area contributed by atoms with Gasteiger partial charge < -0.3 is 10.3 Å². The lowest BCUT2D eigenvalue weighted by Crippen LogP contribution is -2.18. The second-order valence-corrected chi connectivity index (χ2v) is 5.76. The molecular weight excluding hydrogens is 266 g/mol. The first-order valence-corrected chi connectivity index (χ1v) is 6.50. The van der Waals surface area contributed by atoms with Crippen LogP contribution in [0.15, 0.2) is 22.7 Å². The van der Waals surface area contributed by atoms with Crippen LogP contribution in [-0.4, -0.2) is 16.0 Å². The fourth-order valence-corrected chi connectivity index (χ4v) is 3.06. The molecule has 2 aliphatic rings. The number of fused-ring (bicyclic) bond motifs is 2. The van der Waals surface area contributed by atoms with Gasteiger partial charge in [0.15, 0.2) is 0 Å². The molecule has 1 aromatic heterocycles. The molecule has 1 saturated carbocycles. The number of halogens is 1. The number of hydrogen-bond donors (Lipinski definition) is 2. The lowest BCUT2D eigenvalue weighted by molar-refractivity contribution is 0.544. The van der Waals surface area contributed by atoms with E-state index in [9.17, 15) is 0 Å². The number of rotatable bonds is 1. The summed E-state index contributed by atoms with van der Waals surface area (Å²) in [5.41, 5.74) is 2.17. The Kier molecular flexibility index (Phi) is 1.77. The molecule has 0 spiro atoms. The molecule has 0 amide bonds. The van der Waals surface area contributed by atoms with Gasteiger partial charge in [-0.15, -0.1) is 0 Å². The molecule has 3 nitrogen and oxygen atoms in total. The van der Waals surface area contributed by atoms with Crippen molar-refractivity contribution >= 4 is 27.0 Å². The van der Waals surface area contributed by atoms with Gasteiger partial charge in [-0.2, -0.15) is 0 Å². The Balaban J connectivity index is 1.75. The Bertz CT molecular complexity index is 552. The third-order valence-electron chi connectivity index (χ3n) is 3.67. The van der Waals surface area contributed by atoms with E-state index in [0.29, 0.717) is 6.04 Å². The summed E-state index contributed by atoms with van der Waals surface area (Å²) in [6, 6.07) is 7.38. The summed E-state index contributed by atoms with van der Waals surface area (Å²) in [7, 11) is 0. The Morgan fingerprint density at radius 1 is 1.31 bits per heavy atom. The van der Waals surface area contributed by atoms with Crippen molar-refractivity contribution in [2.24, 2.45) is 5.92 Å². The maximum Gasteiger partial charge on any atom is 0.124 e. The van der Waals surface area contributed by atoms with Crippen molar-refractivity contribution in [2.75, 3.05) is 0 Å². The number of benzene rings is 1. The first kappa shape index (κ1) is 9.19. The lowest BCUT2D eigenvalue weighted by atomic mass is 10.2. The average Bonchev–Trinajstić information content (AvgIpc) is 2.75. The Morgan fingerprint density at radius 3 is 3.06 bits per heavy atom. The zero-order chi connectivity index (χ0) is 10.7. The third kappa shape index (κ3) is 1.33. The molecule has 3 atom stereocenters. The summed E-state index contributed by atoms with van der Waals surface area (Å²) in [4.78, 5) is 8.07. The predicted octanol–water partition coefficient (Wildman–Crippen LogP) is 2.75. The van der Waals surface area contributed by atoms with E-state index < -0.39 is 0 Å². The van der Waals surface area contributed by atoms with Crippen LogP contribution in [0.1, 0.15) is 24.7 Å². The first-order chi connectivity index (χ1) is 7.79. The van der Waals surface area contributed by atoms with Gasteiger partial charge in [-0.25, -0.2) is 4.98 Å². The van der Waals surface area contributed by atoms with Crippen LogP contribution in [0, 0.1) is 5.92 Å². The fourth-order valence-electron chi connectivity index (χ4n) is 2.70. The fraction of sp³-hybridized carbons (Fsp3) is 0.417. The monoisotopic (exact) mass is 277 g/mol. The Morgan fingerprint density at radius 2 is 2.25 bits per heavy atom. The Hall–Kier alpha value is -0.870. The quantitative estimate of drug-likeness (QED) is 0.842. The first-order valence-electron chi connectivity index (χ1n) is 5.71. The molecule has 0 unspecified atom stereocenters. The summed E-state index contributed by atoms with van der Waals surface area (Å²) in [5.74, 6) is 2.00. The van der Waals surface area contributed by atoms with E-state index in [-0.39, 0.29) is 0 Å². The number of H-pyrrole nitrogens is 1. The molecular formula is C12H12BrN3. The Labute approximate surface area is 102 Å². The summed E-state index contributed by atoms with van der Waals surface area (Å²) < 4.78 is 1.09. The van der Waals surface area contributed by atoms with Crippen LogP contribution >= 0.6 is 15.9 Å². The highest BCUT2D eigenvalue weighted by atomic mass is 79.9. The van der Waals surface area contributed by atoms with Crippen LogP contribution in [-0.2, 0) is 0 Å². The van der Waals surface area contributed by atoms with E-state index in [2.05, 4.69) is 43.3 Å². The van der Waals surface area contributed by atoms with E-state index in [4.69, 9.17) is 0 Å². The molecule has 1 aliphatic carbocycles. The molecule has 0 bridgehead atoms. The largest absolute Gasteiger partial charge is 0.341 e. The van der Waals surface area contributed by atoms with Crippen molar-refractivity contribution < 1.29 is 0 Å². The van der Waals surface area contributed by atoms with Crippen LogP contribution in [0.4, 0.5) is 0 Å². The number of aromatic amines is 1. The van der Waals surface area contributed by atoms with E-state index in [1.54, 1.807) is 0 Å². The molecule has 1 saturated heterocycles. The number of imidazole rings is 1. The molecule has 4 heteroatoms. The van der Waals surface area contributed by atoms with Crippen LogP contribution in [0.3, 0.4) is 0 Å². The van der Waals surface area contributed by atoms with E-state index in [1.165, 1.54) is 12.8 Å². The molecule has 2 aromatic rings. The van der Waals surface area contributed by atoms with Crippen molar-refractivity contribution in [2.45, 2.75) is 24.9 Å². The van der Waals surface area contributed by atoms with Gasteiger partial charge in [0.25, 0.3) is 0 Å². The minimum Gasteiger partial charge on any atom is -0.341 e. The number of hydrogen-bond acceptors (Lipinski definition) is 2. The number of aromatic nitrogens is 2. The van der Waals surface area contributed by atoms with Gasteiger partial charge in [-0.05, 0) is 37.0 Å². The molecule has 16 heavy (non-hydrogen) atoms. The third-order valence-corrected chi connectivity index (χ3v) is 4.16. The highest BCUT2D eigenvalue weighted by Crippen LogP contribution is 2.45. The lowest BCUT2D eigenvalue weighted by Gasteiger charge is -2.08. The summed E-state index contributed by atoms with van der Waals surface area (Å²) >= 11 is 3.48. The zero-order valence-corrected chi connectivity index (χ0v) is 10.3. The van der Waals surface area contributed by atoms with Crippen LogP contribution in [0.2, 0.25) is 0 Å². The molecule has 4 rings (SSSR count). The molecule has 1 aliphatic heterocycles. The van der Waals surface area contributed by atoms with E-state index >= 15 is 0 Å². The van der Waals surface area contributed by atoms with Crippen LogP contribution in [0.5, 0.6) is 0 Å². The average molecular weight is 278 g/mol. The molecule has 0 radical (unpaired) electrons. The highest BCUT2D eigenvalue weighted by molar-refractivity contribution is 9.10. The van der Waals surface area contributed by atoms with Crippen LogP contribution in [0.25, 0.3) is 11.0 Å². The predicted molar refractivity (Wildman–Crippen MR) is 66.2 cm³/mol. The van der Waals surface area contributed by atoms with Gasteiger partial charge in [0.05, 0.1) is 17.1 Å².